The summed E-state index contributed by atoms with van der Waals surface area (Å²) in [4.78, 5) is 22.2. The number of aliphatic hydroxyl groups excluding tert-OH is 1. The van der Waals surface area contributed by atoms with Crippen molar-refractivity contribution in [1.29, 1.82) is 0 Å². The molecule has 1 aliphatic heterocycles. The zero-order chi connectivity index (χ0) is 19.5. The van der Waals surface area contributed by atoms with Gasteiger partial charge in [-0.25, -0.2) is 9.83 Å². The van der Waals surface area contributed by atoms with E-state index in [1.807, 2.05) is 6.07 Å². The molecule has 0 bridgehead atoms. The first-order valence-electron chi connectivity index (χ1n) is 9.24. The summed E-state index contributed by atoms with van der Waals surface area (Å²) in [5, 5.41) is 13.1. The number of amides is 1. The lowest BCUT2D eigenvalue weighted by Gasteiger charge is -2.30. The highest BCUT2D eigenvalue weighted by molar-refractivity contribution is 5.92. The number of carbonyl (C=O) groups is 1. The first-order valence-corrected chi connectivity index (χ1v) is 9.24. The Hall–Kier alpha value is -3.21. The Morgan fingerprint density at radius 1 is 1.25 bits per heavy atom. The van der Waals surface area contributed by atoms with E-state index in [4.69, 9.17) is 6.57 Å². The van der Waals surface area contributed by atoms with Gasteiger partial charge in [0.25, 0.3) is 5.91 Å². The average Bonchev–Trinajstić information content (AvgIpc) is 3.15. The number of nitrogens with zero attached hydrogens (tertiary/aromatic N) is 4. The van der Waals surface area contributed by atoms with Crippen LogP contribution in [0.25, 0.3) is 10.5 Å². The Kier molecular flexibility index (Phi) is 5.06. The zero-order valence-electron chi connectivity index (χ0n) is 15.4. The molecule has 1 aliphatic rings. The molecule has 0 saturated carbocycles. The molecule has 0 fully saturated rings. The monoisotopic (exact) mass is 375 g/mol. The molecule has 1 atom stereocenters. The van der Waals surface area contributed by atoms with Crippen LogP contribution in [0.5, 0.6) is 0 Å². The largest absolute Gasteiger partial charge is 0.390 e. The number of hydrogen-bond acceptors (Lipinski definition) is 4. The molecule has 0 saturated heterocycles. The SMILES string of the molecule is [C-]#[N+]c1ccc2nc(C(=O)NC[C@H](O)CN3CCc4ccccc4C3)cn2c1. The summed E-state index contributed by atoms with van der Waals surface area (Å²) < 4.78 is 1.66. The first-order chi connectivity index (χ1) is 13.6. The summed E-state index contributed by atoms with van der Waals surface area (Å²) in [5.74, 6) is -0.337. The summed E-state index contributed by atoms with van der Waals surface area (Å²) in [5.41, 5.74) is 4.02. The van der Waals surface area contributed by atoms with Gasteiger partial charge in [-0.15, -0.1) is 0 Å². The van der Waals surface area contributed by atoms with Crippen LogP contribution in [0, 0.1) is 6.57 Å². The summed E-state index contributed by atoms with van der Waals surface area (Å²) >= 11 is 0. The third-order valence-corrected chi connectivity index (χ3v) is 4.97. The highest BCUT2D eigenvalue weighted by atomic mass is 16.3. The highest BCUT2D eigenvalue weighted by Gasteiger charge is 2.19. The number of hydrogen-bond donors (Lipinski definition) is 2. The molecule has 1 aromatic carbocycles. The minimum atomic E-state index is -0.653. The van der Waals surface area contributed by atoms with E-state index in [0.29, 0.717) is 17.9 Å². The van der Waals surface area contributed by atoms with E-state index in [0.717, 1.165) is 19.5 Å². The second kappa shape index (κ2) is 7.80. The fourth-order valence-corrected chi connectivity index (χ4v) is 3.53. The predicted molar refractivity (Wildman–Crippen MR) is 105 cm³/mol. The van der Waals surface area contributed by atoms with Crippen LogP contribution in [0.1, 0.15) is 21.6 Å². The quantitative estimate of drug-likeness (QED) is 0.670. The second-order valence-corrected chi connectivity index (χ2v) is 7.01. The van der Waals surface area contributed by atoms with Crippen molar-refractivity contribution < 1.29 is 9.90 Å². The van der Waals surface area contributed by atoms with E-state index in [-0.39, 0.29) is 18.1 Å². The molecule has 28 heavy (non-hydrogen) atoms. The molecule has 4 rings (SSSR count). The summed E-state index contributed by atoms with van der Waals surface area (Å²) in [6, 6.07) is 11.7. The molecule has 3 aromatic rings. The van der Waals surface area contributed by atoms with Crippen LogP contribution in [0.15, 0.2) is 48.8 Å². The van der Waals surface area contributed by atoms with Gasteiger partial charge < -0.3 is 14.8 Å². The number of β-amino-alcohol motifs (C(OH)–C–C–N with tert-alkyl or cyclic N) is 1. The van der Waals surface area contributed by atoms with Crippen molar-refractivity contribution in [2.75, 3.05) is 19.6 Å². The number of pyridine rings is 1. The Balaban J connectivity index is 1.32. The second-order valence-electron chi connectivity index (χ2n) is 7.01. The maximum absolute atomic E-state index is 12.4. The Morgan fingerprint density at radius 2 is 2.07 bits per heavy atom. The lowest BCUT2D eigenvalue weighted by atomic mass is 10.00. The minimum absolute atomic E-state index is 0.165. The van der Waals surface area contributed by atoms with E-state index in [1.54, 1.807) is 28.9 Å². The van der Waals surface area contributed by atoms with Crippen LogP contribution in [0.4, 0.5) is 5.69 Å². The maximum Gasteiger partial charge on any atom is 0.271 e. The number of aliphatic hydroxyl groups is 1. The van der Waals surface area contributed by atoms with E-state index >= 15 is 0 Å². The van der Waals surface area contributed by atoms with E-state index in [2.05, 4.69) is 38.2 Å². The molecule has 2 N–H and O–H groups in total. The Bertz CT molecular complexity index is 1050. The van der Waals surface area contributed by atoms with Crippen LogP contribution < -0.4 is 5.32 Å². The van der Waals surface area contributed by atoms with Gasteiger partial charge in [-0.1, -0.05) is 30.3 Å². The normalized spacial score (nSPS) is 15.0. The van der Waals surface area contributed by atoms with Gasteiger partial charge in [-0.3, -0.25) is 9.69 Å². The molecule has 0 spiro atoms. The van der Waals surface area contributed by atoms with Gasteiger partial charge in [0, 0.05) is 38.6 Å². The smallest absolute Gasteiger partial charge is 0.271 e. The fourth-order valence-electron chi connectivity index (χ4n) is 3.53. The van der Waals surface area contributed by atoms with Crippen molar-refractivity contribution in [2.24, 2.45) is 0 Å². The van der Waals surface area contributed by atoms with Gasteiger partial charge in [-0.05, 0) is 23.6 Å². The molecule has 3 heterocycles. The molecule has 142 valence electrons. The third-order valence-electron chi connectivity index (χ3n) is 4.97. The number of rotatable bonds is 5. The van der Waals surface area contributed by atoms with Crippen molar-refractivity contribution in [3.63, 3.8) is 0 Å². The van der Waals surface area contributed by atoms with Crippen molar-refractivity contribution >= 4 is 17.2 Å². The van der Waals surface area contributed by atoms with Crippen molar-refractivity contribution in [3.8, 4) is 0 Å². The molecule has 1 amide bonds. The van der Waals surface area contributed by atoms with E-state index in [1.165, 1.54) is 11.1 Å². The Morgan fingerprint density at radius 3 is 2.89 bits per heavy atom. The van der Waals surface area contributed by atoms with Crippen LogP contribution >= 0.6 is 0 Å². The maximum atomic E-state index is 12.4. The molecule has 0 radical (unpaired) electrons. The standard InChI is InChI=1S/C21H21N5O2/c1-22-17-6-7-20-24-19(14-26(20)12-17)21(28)23-10-18(27)13-25-9-8-15-4-2-3-5-16(15)11-25/h2-7,12,14,18,27H,8-11,13H2,(H,23,28)/t18-/m0/s1. The number of aromatic nitrogens is 2. The molecule has 0 aliphatic carbocycles. The summed E-state index contributed by atoms with van der Waals surface area (Å²) in [6.45, 7) is 9.44. The van der Waals surface area contributed by atoms with Crippen molar-refractivity contribution in [1.82, 2.24) is 19.6 Å². The third kappa shape index (κ3) is 3.88. The zero-order valence-corrected chi connectivity index (χ0v) is 15.4. The number of fused-ring (bicyclic) bond motifs is 2. The number of nitrogens with one attached hydrogen (secondary N) is 1. The van der Waals surface area contributed by atoms with Crippen molar-refractivity contribution in [2.45, 2.75) is 19.1 Å². The van der Waals surface area contributed by atoms with Crippen LogP contribution in [0.3, 0.4) is 0 Å². The Labute approximate surface area is 163 Å². The molecular formula is C21H21N5O2. The minimum Gasteiger partial charge on any atom is -0.390 e. The molecular weight excluding hydrogens is 354 g/mol. The van der Waals surface area contributed by atoms with Crippen LogP contribution in [-0.2, 0) is 13.0 Å². The van der Waals surface area contributed by atoms with Crippen LogP contribution in [0.2, 0.25) is 0 Å². The van der Waals surface area contributed by atoms with E-state index < -0.39 is 6.10 Å². The number of benzene rings is 1. The van der Waals surface area contributed by atoms with Gasteiger partial charge >= 0.3 is 0 Å². The topological polar surface area (TPSA) is 74.2 Å². The highest BCUT2D eigenvalue weighted by Crippen LogP contribution is 2.18. The molecule has 2 aromatic heterocycles. The molecule has 7 nitrogen and oxygen atoms in total. The summed E-state index contributed by atoms with van der Waals surface area (Å²) in [6.07, 6.45) is 3.55. The molecule has 7 heteroatoms. The van der Waals surface area contributed by atoms with Gasteiger partial charge in [0.15, 0.2) is 0 Å². The lowest BCUT2D eigenvalue weighted by Crippen LogP contribution is -2.42. The fraction of sp³-hybridized carbons (Fsp3) is 0.286. The van der Waals surface area contributed by atoms with Gasteiger partial charge in [-0.2, -0.15) is 0 Å². The van der Waals surface area contributed by atoms with E-state index in [9.17, 15) is 9.90 Å². The van der Waals surface area contributed by atoms with Gasteiger partial charge in [0.05, 0.1) is 12.7 Å². The first kappa shape index (κ1) is 18.2. The summed E-state index contributed by atoms with van der Waals surface area (Å²) in [7, 11) is 0. The molecule has 0 unspecified atom stereocenters. The van der Waals surface area contributed by atoms with Crippen molar-refractivity contribution in [3.05, 3.63) is 77.0 Å². The lowest BCUT2D eigenvalue weighted by molar-refractivity contribution is 0.0838. The van der Waals surface area contributed by atoms with Gasteiger partial charge in [0.1, 0.15) is 11.3 Å². The number of imidazole rings is 1. The number of carbonyl (C=O) groups excluding carboxylic acids is 1. The van der Waals surface area contributed by atoms with Crippen LogP contribution in [-0.4, -0.2) is 51.0 Å². The predicted octanol–water partition coefficient (Wildman–Crippen LogP) is 2.03. The van der Waals surface area contributed by atoms with Gasteiger partial charge in [0.2, 0.25) is 5.69 Å². The average molecular weight is 375 g/mol.